The third-order valence-corrected chi connectivity index (χ3v) is 2.60. The largest absolute Gasteiger partial charge is 0.494 e. The lowest BCUT2D eigenvalue weighted by atomic mass is 10.2. The maximum absolute atomic E-state index is 11.2. The normalized spacial score (nSPS) is 9.65. The van der Waals surface area contributed by atoms with Gasteiger partial charge in [-0.2, -0.15) is 0 Å². The topological polar surface area (TPSA) is 64.6 Å². The smallest absolute Gasteiger partial charge is 0.337 e. The SMILES string of the molecule is C=CC(=O)NCCCCOc1ccc(C(=O)OC)cc1. The molecule has 0 aliphatic rings. The first-order chi connectivity index (χ1) is 9.67. The summed E-state index contributed by atoms with van der Waals surface area (Å²) in [7, 11) is 1.35. The standard InChI is InChI=1S/C15H19NO4/c1-3-14(17)16-10-4-5-11-20-13-8-6-12(7-9-13)15(18)19-2/h3,6-9H,1,4-5,10-11H2,2H3,(H,16,17). The first-order valence-electron chi connectivity index (χ1n) is 6.39. The Morgan fingerprint density at radius 2 is 1.95 bits per heavy atom. The van der Waals surface area contributed by atoms with Crippen molar-refractivity contribution in [3.05, 3.63) is 42.5 Å². The average Bonchev–Trinajstić information content (AvgIpc) is 2.50. The Morgan fingerprint density at radius 1 is 1.25 bits per heavy atom. The number of methoxy groups -OCH3 is 1. The molecule has 0 bridgehead atoms. The van der Waals surface area contributed by atoms with E-state index in [9.17, 15) is 9.59 Å². The maximum atomic E-state index is 11.2. The van der Waals surface area contributed by atoms with Crippen LogP contribution < -0.4 is 10.1 Å². The van der Waals surface area contributed by atoms with Gasteiger partial charge in [0.05, 0.1) is 19.3 Å². The number of benzene rings is 1. The van der Waals surface area contributed by atoms with Crippen LogP contribution in [0.5, 0.6) is 5.75 Å². The van der Waals surface area contributed by atoms with Gasteiger partial charge in [-0.25, -0.2) is 4.79 Å². The molecule has 5 heteroatoms. The molecule has 0 fully saturated rings. The Kier molecular flexibility index (Phi) is 6.89. The molecule has 0 aliphatic carbocycles. The lowest BCUT2D eigenvalue weighted by molar-refractivity contribution is -0.116. The Bertz CT molecular complexity index is 453. The van der Waals surface area contributed by atoms with Gasteiger partial charge in [0.1, 0.15) is 5.75 Å². The number of hydrogen-bond donors (Lipinski definition) is 1. The Morgan fingerprint density at radius 3 is 2.55 bits per heavy atom. The van der Waals surface area contributed by atoms with Crippen molar-refractivity contribution >= 4 is 11.9 Å². The quantitative estimate of drug-likeness (QED) is 0.448. The molecule has 0 atom stereocenters. The first-order valence-corrected chi connectivity index (χ1v) is 6.39. The van der Waals surface area contributed by atoms with E-state index in [4.69, 9.17) is 4.74 Å². The lowest BCUT2D eigenvalue weighted by Gasteiger charge is -2.07. The van der Waals surface area contributed by atoms with Crippen molar-refractivity contribution in [3.8, 4) is 5.75 Å². The molecule has 1 N–H and O–H groups in total. The number of carbonyl (C=O) groups excluding carboxylic acids is 2. The van der Waals surface area contributed by atoms with Crippen molar-refractivity contribution in [2.24, 2.45) is 0 Å². The Hall–Kier alpha value is -2.30. The van der Waals surface area contributed by atoms with Crippen LogP contribution in [0.25, 0.3) is 0 Å². The van der Waals surface area contributed by atoms with E-state index >= 15 is 0 Å². The van der Waals surface area contributed by atoms with E-state index < -0.39 is 0 Å². The molecule has 108 valence electrons. The van der Waals surface area contributed by atoms with Crippen LogP contribution in [0.1, 0.15) is 23.2 Å². The summed E-state index contributed by atoms with van der Waals surface area (Å²) in [5, 5.41) is 2.69. The van der Waals surface area contributed by atoms with Gasteiger partial charge in [0.15, 0.2) is 0 Å². The molecule has 20 heavy (non-hydrogen) atoms. The van der Waals surface area contributed by atoms with Gasteiger partial charge in [-0.1, -0.05) is 6.58 Å². The van der Waals surface area contributed by atoms with E-state index in [0.717, 1.165) is 12.8 Å². The van der Waals surface area contributed by atoms with Crippen molar-refractivity contribution in [1.29, 1.82) is 0 Å². The number of amides is 1. The fourth-order valence-corrected chi connectivity index (χ4v) is 1.51. The highest BCUT2D eigenvalue weighted by Crippen LogP contribution is 2.13. The summed E-state index contributed by atoms with van der Waals surface area (Å²) < 4.78 is 10.1. The fraction of sp³-hybridized carbons (Fsp3) is 0.333. The van der Waals surface area contributed by atoms with Crippen LogP contribution in [0.3, 0.4) is 0 Å². The van der Waals surface area contributed by atoms with Crippen molar-refractivity contribution in [2.75, 3.05) is 20.3 Å². The highest BCUT2D eigenvalue weighted by Gasteiger charge is 2.04. The van der Waals surface area contributed by atoms with Crippen LogP contribution in [0.2, 0.25) is 0 Å². The van der Waals surface area contributed by atoms with E-state index in [0.29, 0.717) is 24.5 Å². The second kappa shape index (κ2) is 8.74. The summed E-state index contributed by atoms with van der Waals surface area (Å²) in [6, 6.07) is 6.77. The molecule has 0 saturated heterocycles. The third-order valence-electron chi connectivity index (χ3n) is 2.60. The number of esters is 1. The number of ether oxygens (including phenoxy) is 2. The molecule has 0 unspecified atom stereocenters. The summed E-state index contributed by atoms with van der Waals surface area (Å²) in [4.78, 5) is 22.1. The van der Waals surface area contributed by atoms with Crippen molar-refractivity contribution in [1.82, 2.24) is 5.32 Å². The fourth-order valence-electron chi connectivity index (χ4n) is 1.51. The van der Waals surface area contributed by atoms with Crippen LogP contribution in [0.15, 0.2) is 36.9 Å². The molecule has 1 aromatic rings. The second-order valence-corrected chi connectivity index (χ2v) is 4.07. The van der Waals surface area contributed by atoms with Gasteiger partial charge in [-0.3, -0.25) is 4.79 Å². The minimum atomic E-state index is -0.366. The van der Waals surface area contributed by atoms with E-state index in [1.54, 1.807) is 24.3 Å². The number of carbonyl (C=O) groups is 2. The molecule has 1 aromatic carbocycles. The number of unbranched alkanes of at least 4 members (excludes halogenated alkanes) is 1. The molecule has 0 saturated carbocycles. The number of nitrogens with one attached hydrogen (secondary N) is 1. The van der Waals surface area contributed by atoms with Crippen LogP contribution in [0.4, 0.5) is 0 Å². The summed E-state index contributed by atoms with van der Waals surface area (Å²) in [5.74, 6) is 0.173. The number of rotatable bonds is 8. The van der Waals surface area contributed by atoms with Gasteiger partial charge in [0.2, 0.25) is 5.91 Å². The zero-order chi connectivity index (χ0) is 14.8. The van der Waals surface area contributed by atoms with Gasteiger partial charge in [-0.05, 0) is 43.2 Å². The predicted octanol–water partition coefficient (Wildman–Crippen LogP) is 1.93. The summed E-state index contributed by atoms with van der Waals surface area (Å²) in [5.41, 5.74) is 0.493. The first kappa shape index (κ1) is 15.8. The van der Waals surface area contributed by atoms with E-state index in [1.807, 2.05) is 0 Å². The Labute approximate surface area is 118 Å². The van der Waals surface area contributed by atoms with Crippen LogP contribution >= 0.6 is 0 Å². The van der Waals surface area contributed by atoms with Gasteiger partial charge >= 0.3 is 5.97 Å². The summed E-state index contributed by atoms with van der Waals surface area (Å²) >= 11 is 0. The summed E-state index contributed by atoms with van der Waals surface area (Å²) in [6.45, 7) is 4.54. The monoisotopic (exact) mass is 277 g/mol. The van der Waals surface area contributed by atoms with Gasteiger partial charge in [0, 0.05) is 6.54 Å². The molecular weight excluding hydrogens is 258 g/mol. The Balaban J connectivity index is 2.20. The summed E-state index contributed by atoms with van der Waals surface area (Å²) in [6.07, 6.45) is 2.91. The van der Waals surface area contributed by atoms with E-state index in [-0.39, 0.29) is 11.9 Å². The maximum Gasteiger partial charge on any atom is 0.337 e. The molecule has 1 amide bonds. The number of hydrogen-bond acceptors (Lipinski definition) is 4. The van der Waals surface area contributed by atoms with E-state index in [2.05, 4.69) is 16.6 Å². The highest BCUT2D eigenvalue weighted by molar-refractivity contribution is 5.89. The van der Waals surface area contributed by atoms with Crippen LogP contribution in [0, 0.1) is 0 Å². The predicted molar refractivity (Wildman–Crippen MR) is 75.7 cm³/mol. The van der Waals surface area contributed by atoms with Crippen molar-refractivity contribution in [2.45, 2.75) is 12.8 Å². The van der Waals surface area contributed by atoms with Gasteiger partial charge in [-0.15, -0.1) is 0 Å². The minimum Gasteiger partial charge on any atom is -0.494 e. The van der Waals surface area contributed by atoms with Gasteiger partial charge in [0.25, 0.3) is 0 Å². The van der Waals surface area contributed by atoms with Crippen LogP contribution in [-0.2, 0) is 9.53 Å². The van der Waals surface area contributed by atoms with Crippen molar-refractivity contribution < 1.29 is 19.1 Å². The lowest BCUT2D eigenvalue weighted by Crippen LogP contribution is -2.22. The third kappa shape index (κ3) is 5.56. The molecular formula is C15H19NO4. The van der Waals surface area contributed by atoms with Crippen LogP contribution in [-0.4, -0.2) is 32.1 Å². The molecule has 1 rings (SSSR count). The minimum absolute atomic E-state index is 0.163. The molecule has 0 aromatic heterocycles. The van der Waals surface area contributed by atoms with Crippen molar-refractivity contribution in [3.63, 3.8) is 0 Å². The highest BCUT2D eigenvalue weighted by atomic mass is 16.5. The molecule has 0 spiro atoms. The molecule has 0 aliphatic heterocycles. The zero-order valence-electron chi connectivity index (χ0n) is 11.6. The molecule has 0 heterocycles. The average molecular weight is 277 g/mol. The molecule has 5 nitrogen and oxygen atoms in total. The van der Waals surface area contributed by atoms with E-state index in [1.165, 1.54) is 13.2 Å². The van der Waals surface area contributed by atoms with Gasteiger partial charge < -0.3 is 14.8 Å². The molecule has 0 radical (unpaired) electrons. The zero-order valence-corrected chi connectivity index (χ0v) is 11.6. The second-order valence-electron chi connectivity index (χ2n) is 4.07.